The van der Waals surface area contributed by atoms with E-state index < -0.39 is 0 Å². The van der Waals surface area contributed by atoms with Crippen molar-refractivity contribution in [1.29, 1.82) is 0 Å². The molecule has 0 aromatic rings. The number of likely N-dealkylation sites (tertiary alicyclic amines) is 1. The third kappa shape index (κ3) is 5.04. The summed E-state index contributed by atoms with van der Waals surface area (Å²) in [6, 6.07) is 0.282. The minimum atomic E-state index is -0.226. The maximum Gasteiger partial charge on any atom is 0.302 e. The van der Waals surface area contributed by atoms with Gasteiger partial charge in [0.15, 0.2) is 0 Å². The molecule has 0 radical (unpaired) electrons. The second-order valence-electron chi connectivity index (χ2n) is 4.91. The van der Waals surface area contributed by atoms with Gasteiger partial charge in [-0.15, -0.1) is 0 Å². The van der Waals surface area contributed by atoms with E-state index >= 15 is 0 Å². The zero-order valence-electron chi connectivity index (χ0n) is 11.6. The fourth-order valence-corrected chi connectivity index (χ4v) is 2.37. The third-order valence-electron chi connectivity index (χ3n) is 3.21. The lowest BCUT2D eigenvalue weighted by Gasteiger charge is -2.23. The van der Waals surface area contributed by atoms with Crippen LogP contribution in [0.25, 0.3) is 0 Å². The number of nitrogens with zero attached hydrogens (tertiary/aromatic N) is 1. The fourth-order valence-electron chi connectivity index (χ4n) is 2.37. The molecule has 0 bridgehead atoms. The van der Waals surface area contributed by atoms with E-state index in [0.29, 0.717) is 6.54 Å². The Morgan fingerprint density at radius 2 is 2.11 bits per heavy atom. The van der Waals surface area contributed by atoms with Gasteiger partial charge in [0.05, 0.1) is 0 Å². The van der Waals surface area contributed by atoms with Crippen LogP contribution in [0.3, 0.4) is 0 Å². The fraction of sp³-hybridized carbons (Fsp3) is 0.846. The van der Waals surface area contributed by atoms with Crippen LogP contribution < -0.4 is 5.32 Å². The van der Waals surface area contributed by atoms with E-state index in [4.69, 9.17) is 4.74 Å². The first-order chi connectivity index (χ1) is 8.52. The highest BCUT2D eigenvalue weighted by molar-refractivity contribution is 5.72. The van der Waals surface area contributed by atoms with Gasteiger partial charge >= 0.3 is 5.97 Å². The summed E-state index contributed by atoms with van der Waals surface area (Å²) in [6.07, 6.45) is 3.05. The molecule has 1 aliphatic rings. The van der Waals surface area contributed by atoms with Gasteiger partial charge in [0.2, 0.25) is 5.91 Å². The summed E-state index contributed by atoms with van der Waals surface area (Å²) in [5.74, 6) is -0.239. The maximum atomic E-state index is 11.0. The van der Waals surface area contributed by atoms with Gasteiger partial charge in [0.1, 0.15) is 6.10 Å². The van der Waals surface area contributed by atoms with Crippen molar-refractivity contribution >= 4 is 11.9 Å². The number of hydrogen-bond donors (Lipinski definition) is 1. The Morgan fingerprint density at radius 3 is 2.67 bits per heavy atom. The summed E-state index contributed by atoms with van der Waals surface area (Å²) in [5.41, 5.74) is 0. The van der Waals surface area contributed by atoms with Crippen molar-refractivity contribution in [3.8, 4) is 0 Å². The minimum Gasteiger partial charge on any atom is -0.461 e. The molecule has 0 aliphatic carbocycles. The van der Waals surface area contributed by atoms with Crippen LogP contribution in [0, 0.1) is 0 Å². The van der Waals surface area contributed by atoms with Crippen molar-refractivity contribution in [2.45, 2.75) is 52.2 Å². The van der Waals surface area contributed by atoms with Crippen LogP contribution in [-0.4, -0.2) is 48.6 Å². The minimum absolute atomic E-state index is 0.0126. The Morgan fingerprint density at radius 1 is 1.39 bits per heavy atom. The van der Waals surface area contributed by atoms with Gasteiger partial charge in [-0.25, -0.2) is 0 Å². The van der Waals surface area contributed by atoms with Crippen LogP contribution in [0.2, 0.25) is 0 Å². The molecule has 0 unspecified atom stereocenters. The van der Waals surface area contributed by atoms with Crippen molar-refractivity contribution in [3.05, 3.63) is 0 Å². The second-order valence-corrected chi connectivity index (χ2v) is 4.91. The number of esters is 1. The molecular weight excluding hydrogens is 232 g/mol. The molecule has 1 rings (SSSR count). The molecule has 5 nitrogen and oxygen atoms in total. The summed E-state index contributed by atoms with van der Waals surface area (Å²) in [5, 5.41) is 2.85. The summed E-state index contributed by atoms with van der Waals surface area (Å²) in [7, 11) is 0. The molecule has 0 aromatic heterocycles. The molecule has 0 spiro atoms. The Bertz CT molecular complexity index is 294. The van der Waals surface area contributed by atoms with Gasteiger partial charge < -0.3 is 10.1 Å². The SMILES string of the molecule is CCCCN1C[C@H](OC(C)=O)C[C@H]1CNC(C)=O. The molecule has 1 aliphatic heterocycles. The highest BCUT2D eigenvalue weighted by atomic mass is 16.5. The van der Waals surface area contributed by atoms with Crippen LogP contribution in [0.15, 0.2) is 0 Å². The number of ether oxygens (including phenoxy) is 1. The number of carbonyl (C=O) groups excluding carboxylic acids is 2. The van der Waals surface area contributed by atoms with Gasteiger partial charge in [-0.3, -0.25) is 14.5 Å². The highest BCUT2D eigenvalue weighted by Gasteiger charge is 2.33. The molecule has 1 heterocycles. The van der Waals surface area contributed by atoms with E-state index in [0.717, 1.165) is 32.4 Å². The highest BCUT2D eigenvalue weighted by Crippen LogP contribution is 2.20. The van der Waals surface area contributed by atoms with E-state index in [2.05, 4.69) is 17.1 Å². The predicted octanol–water partition coefficient (Wildman–Crippen LogP) is 0.929. The van der Waals surface area contributed by atoms with Crippen LogP contribution in [-0.2, 0) is 14.3 Å². The first kappa shape index (κ1) is 15.0. The largest absolute Gasteiger partial charge is 0.461 e. The van der Waals surface area contributed by atoms with Gasteiger partial charge in [-0.1, -0.05) is 13.3 Å². The third-order valence-corrected chi connectivity index (χ3v) is 3.21. The van der Waals surface area contributed by atoms with Gasteiger partial charge in [0.25, 0.3) is 0 Å². The normalized spacial score (nSPS) is 23.9. The van der Waals surface area contributed by atoms with E-state index in [1.54, 1.807) is 0 Å². The second kappa shape index (κ2) is 7.36. The van der Waals surface area contributed by atoms with Gasteiger partial charge in [-0.05, 0) is 13.0 Å². The van der Waals surface area contributed by atoms with Crippen molar-refractivity contribution in [2.24, 2.45) is 0 Å². The van der Waals surface area contributed by atoms with Crippen molar-refractivity contribution in [2.75, 3.05) is 19.6 Å². The standard InChI is InChI=1S/C13H24N2O3/c1-4-5-6-15-9-13(18-11(3)17)7-12(15)8-14-10(2)16/h12-13H,4-9H2,1-3H3,(H,14,16)/t12-,13+/m0/s1. The molecule has 1 fully saturated rings. The van der Waals surface area contributed by atoms with Crippen LogP contribution in [0.4, 0.5) is 0 Å². The van der Waals surface area contributed by atoms with E-state index in [1.807, 2.05) is 0 Å². The number of hydrogen-bond acceptors (Lipinski definition) is 4. The number of rotatable bonds is 6. The lowest BCUT2D eigenvalue weighted by atomic mass is 10.2. The number of amides is 1. The number of nitrogens with one attached hydrogen (secondary N) is 1. The topological polar surface area (TPSA) is 58.6 Å². The monoisotopic (exact) mass is 256 g/mol. The lowest BCUT2D eigenvalue weighted by Crippen LogP contribution is -2.39. The predicted molar refractivity (Wildman–Crippen MR) is 69.1 cm³/mol. The number of carbonyl (C=O) groups is 2. The zero-order valence-corrected chi connectivity index (χ0v) is 11.6. The molecule has 5 heteroatoms. The Hall–Kier alpha value is -1.10. The maximum absolute atomic E-state index is 11.0. The quantitative estimate of drug-likeness (QED) is 0.718. The first-order valence-electron chi connectivity index (χ1n) is 6.68. The first-order valence-corrected chi connectivity index (χ1v) is 6.68. The molecule has 104 valence electrons. The average Bonchev–Trinajstić information content (AvgIpc) is 2.65. The van der Waals surface area contributed by atoms with Crippen molar-refractivity contribution < 1.29 is 14.3 Å². The lowest BCUT2D eigenvalue weighted by molar-refractivity contribution is -0.145. The Kier molecular flexibility index (Phi) is 6.12. The molecule has 0 saturated carbocycles. The summed E-state index contributed by atoms with van der Waals surface area (Å²) in [6.45, 7) is 7.54. The Labute approximate surface area is 109 Å². The van der Waals surface area contributed by atoms with Gasteiger partial charge in [0, 0.05) is 39.4 Å². The Balaban J connectivity index is 2.48. The molecular formula is C13H24N2O3. The van der Waals surface area contributed by atoms with E-state index in [9.17, 15) is 9.59 Å². The summed E-state index contributed by atoms with van der Waals surface area (Å²) in [4.78, 5) is 24.3. The van der Waals surface area contributed by atoms with Crippen LogP contribution in [0.1, 0.15) is 40.0 Å². The molecule has 18 heavy (non-hydrogen) atoms. The average molecular weight is 256 g/mol. The van der Waals surface area contributed by atoms with Crippen molar-refractivity contribution in [3.63, 3.8) is 0 Å². The van der Waals surface area contributed by atoms with E-state index in [-0.39, 0.29) is 24.0 Å². The van der Waals surface area contributed by atoms with Gasteiger partial charge in [-0.2, -0.15) is 0 Å². The van der Waals surface area contributed by atoms with Crippen LogP contribution >= 0.6 is 0 Å². The molecule has 1 N–H and O–H groups in total. The molecule has 2 atom stereocenters. The molecule has 1 saturated heterocycles. The van der Waals surface area contributed by atoms with Crippen LogP contribution in [0.5, 0.6) is 0 Å². The summed E-state index contributed by atoms with van der Waals surface area (Å²) < 4.78 is 5.27. The van der Waals surface area contributed by atoms with E-state index in [1.165, 1.54) is 13.8 Å². The van der Waals surface area contributed by atoms with Crippen molar-refractivity contribution in [1.82, 2.24) is 10.2 Å². The molecule has 1 amide bonds. The summed E-state index contributed by atoms with van der Waals surface area (Å²) >= 11 is 0. The zero-order chi connectivity index (χ0) is 13.5. The number of unbranched alkanes of at least 4 members (excludes halogenated alkanes) is 1. The smallest absolute Gasteiger partial charge is 0.302 e. The molecule has 0 aromatic carbocycles.